The van der Waals surface area contributed by atoms with Crippen molar-refractivity contribution in [1.29, 1.82) is 0 Å². The molecule has 2 aromatic rings. The first-order valence-electron chi connectivity index (χ1n) is 11.4. The lowest BCUT2D eigenvalue weighted by atomic mass is 9.96. The molecule has 0 N–H and O–H groups in total. The van der Waals surface area contributed by atoms with Gasteiger partial charge >= 0.3 is 12.3 Å². The summed E-state index contributed by atoms with van der Waals surface area (Å²) in [5.74, 6) is 1.50. The highest BCUT2D eigenvalue weighted by Crippen LogP contribution is 2.30. The van der Waals surface area contributed by atoms with E-state index in [1.165, 1.54) is 12.8 Å². The summed E-state index contributed by atoms with van der Waals surface area (Å²) in [4.78, 5) is 22.7. The maximum absolute atomic E-state index is 12.6. The van der Waals surface area contributed by atoms with Gasteiger partial charge in [0.2, 0.25) is 5.88 Å². The number of likely N-dealkylation sites (tertiary alicyclic amines) is 1. The summed E-state index contributed by atoms with van der Waals surface area (Å²) in [5, 5.41) is 0. The minimum absolute atomic E-state index is 0.0378. The molecule has 0 bridgehead atoms. The van der Waals surface area contributed by atoms with Crippen LogP contribution in [-0.2, 0) is 6.18 Å². The SMILES string of the molecule is CN1CCC(CN2CCN(C(=O)Oc3ccc(Oc4ccc(C(F)(F)F)cn4)cc3)CC2)CC1. The van der Waals surface area contributed by atoms with Gasteiger partial charge in [0, 0.05) is 45.0 Å². The minimum atomic E-state index is -4.45. The lowest BCUT2D eigenvalue weighted by molar-refractivity contribution is -0.137. The van der Waals surface area contributed by atoms with Gasteiger partial charge in [-0.2, -0.15) is 13.2 Å². The second-order valence-electron chi connectivity index (χ2n) is 8.86. The van der Waals surface area contributed by atoms with Crippen LogP contribution in [0.5, 0.6) is 17.4 Å². The molecule has 1 aromatic carbocycles. The van der Waals surface area contributed by atoms with Crippen molar-refractivity contribution in [1.82, 2.24) is 19.7 Å². The number of piperidine rings is 1. The normalized spacial score (nSPS) is 18.6. The van der Waals surface area contributed by atoms with Crippen molar-refractivity contribution in [3.05, 3.63) is 48.2 Å². The van der Waals surface area contributed by atoms with E-state index in [0.29, 0.717) is 24.6 Å². The van der Waals surface area contributed by atoms with E-state index in [0.717, 1.165) is 57.0 Å². The molecule has 10 heteroatoms. The molecule has 3 heterocycles. The topological polar surface area (TPSA) is 58.1 Å². The second kappa shape index (κ2) is 10.6. The highest BCUT2D eigenvalue weighted by atomic mass is 19.4. The number of hydrogen-bond acceptors (Lipinski definition) is 6. The third kappa shape index (κ3) is 6.60. The molecule has 184 valence electrons. The Balaban J connectivity index is 1.22. The van der Waals surface area contributed by atoms with Crippen molar-refractivity contribution in [2.24, 2.45) is 5.92 Å². The lowest BCUT2D eigenvalue weighted by Crippen LogP contribution is -2.51. The number of nitrogens with zero attached hydrogens (tertiary/aromatic N) is 4. The number of rotatable bonds is 5. The molecule has 1 amide bonds. The van der Waals surface area contributed by atoms with Gasteiger partial charge in [0.1, 0.15) is 11.5 Å². The smallest absolute Gasteiger partial charge is 0.417 e. The summed E-state index contributed by atoms with van der Waals surface area (Å²) < 4.78 is 48.8. The summed E-state index contributed by atoms with van der Waals surface area (Å²) in [5.41, 5.74) is -0.843. The Morgan fingerprint density at radius 2 is 1.62 bits per heavy atom. The molecule has 7 nitrogen and oxygen atoms in total. The van der Waals surface area contributed by atoms with Gasteiger partial charge in [0.15, 0.2) is 0 Å². The van der Waals surface area contributed by atoms with Gasteiger partial charge in [-0.1, -0.05) is 0 Å². The van der Waals surface area contributed by atoms with E-state index in [1.807, 2.05) is 0 Å². The molecule has 1 aromatic heterocycles. The summed E-state index contributed by atoms with van der Waals surface area (Å²) in [6, 6.07) is 8.36. The number of piperazine rings is 1. The number of alkyl halides is 3. The standard InChI is InChI=1S/C24H29F3N4O3/c1-29-10-8-18(9-11-29)17-30-12-14-31(15-13-30)23(32)34-21-5-3-20(4-6-21)33-22-7-2-19(16-28-22)24(25,26)27/h2-7,16,18H,8-15,17H2,1H3. The molecule has 0 unspecified atom stereocenters. The second-order valence-corrected chi connectivity index (χ2v) is 8.86. The van der Waals surface area contributed by atoms with Crippen molar-refractivity contribution in [2.45, 2.75) is 19.0 Å². The van der Waals surface area contributed by atoms with E-state index < -0.39 is 17.8 Å². The van der Waals surface area contributed by atoms with Crippen LogP contribution in [0.2, 0.25) is 0 Å². The van der Waals surface area contributed by atoms with Crippen LogP contribution in [0.1, 0.15) is 18.4 Å². The number of amides is 1. The van der Waals surface area contributed by atoms with Gasteiger partial charge in [-0.25, -0.2) is 9.78 Å². The van der Waals surface area contributed by atoms with Crippen LogP contribution in [0, 0.1) is 5.92 Å². The van der Waals surface area contributed by atoms with E-state index in [9.17, 15) is 18.0 Å². The van der Waals surface area contributed by atoms with Crippen molar-refractivity contribution in [2.75, 3.05) is 52.9 Å². The predicted octanol–water partition coefficient (Wildman–Crippen LogP) is 4.35. The van der Waals surface area contributed by atoms with Crippen LogP contribution in [-0.4, -0.2) is 78.6 Å². The van der Waals surface area contributed by atoms with Crippen LogP contribution < -0.4 is 9.47 Å². The maximum Gasteiger partial charge on any atom is 0.417 e. The molecule has 2 saturated heterocycles. The average Bonchev–Trinajstić information content (AvgIpc) is 2.82. The average molecular weight is 479 g/mol. The van der Waals surface area contributed by atoms with E-state index in [1.54, 1.807) is 29.2 Å². The summed E-state index contributed by atoms with van der Waals surface area (Å²) >= 11 is 0. The summed E-state index contributed by atoms with van der Waals surface area (Å²) in [6.45, 7) is 6.34. The van der Waals surface area contributed by atoms with E-state index in [2.05, 4.69) is 21.8 Å². The Morgan fingerprint density at radius 1 is 0.971 bits per heavy atom. The number of carbonyl (C=O) groups is 1. The fourth-order valence-corrected chi connectivity index (χ4v) is 4.19. The number of hydrogen-bond donors (Lipinski definition) is 0. The van der Waals surface area contributed by atoms with Crippen LogP contribution in [0.3, 0.4) is 0 Å². The Hall–Kier alpha value is -2.85. The Kier molecular flexibility index (Phi) is 7.57. The van der Waals surface area contributed by atoms with Crippen molar-refractivity contribution < 1.29 is 27.4 Å². The first kappa shape index (κ1) is 24.3. The van der Waals surface area contributed by atoms with Crippen LogP contribution >= 0.6 is 0 Å². The molecule has 0 atom stereocenters. The van der Waals surface area contributed by atoms with Crippen LogP contribution in [0.25, 0.3) is 0 Å². The molecule has 2 aliphatic rings. The Bertz CT molecular complexity index is 937. The third-order valence-corrected chi connectivity index (χ3v) is 6.30. The van der Waals surface area contributed by atoms with E-state index >= 15 is 0 Å². The number of halogens is 3. The first-order chi connectivity index (χ1) is 16.3. The van der Waals surface area contributed by atoms with Crippen LogP contribution in [0.4, 0.5) is 18.0 Å². The molecule has 0 aliphatic carbocycles. The molecule has 2 fully saturated rings. The molecule has 34 heavy (non-hydrogen) atoms. The van der Waals surface area contributed by atoms with Gasteiger partial charge in [-0.3, -0.25) is 4.90 Å². The monoisotopic (exact) mass is 478 g/mol. The van der Waals surface area contributed by atoms with Gasteiger partial charge in [-0.15, -0.1) is 0 Å². The molecule has 0 radical (unpaired) electrons. The fraction of sp³-hybridized carbons (Fsp3) is 0.500. The van der Waals surface area contributed by atoms with Gasteiger partial charge in [0.05, 0.1) is 5.56 Å². The molecular formula is C24H29F3N4O3. The number of aromatic nitrogens is 1. The van der Waals surface area contributed by atoms with E-state index in [-0.39, 0.29) is 5.88 Å². The summed E-state index contributed by atoms with van der Waals surface area (Å²) in [7, 11) is 2.16. The van der Waals surface area contributed by atoms with E-state index in [4.69, 9.17) is 9.47 Å². The van der Waals surface area contributed by atoms with Gasteiger partial charge < -0.3 is 19.3 Å². The third-order valence-electron chi connectivity index (χ3n) is 6.30. The quantitative estimate of drug-likeness (QED) is 0.637. The lowest BCUT2D eigenvalue weighted by Gasteiger charge is -2.37. The van der Waals surface area contributed by atoms with Gasteiger partial charge in [-0.05, 0) is 69.2 Å². The predicted molar refractivity (Wildman–Crippen MR) is 120 cm³/mol. The molecular weight excluding hydrogens is 449 g/mol. The molecule has 2 aliphatic heterocycles. The fourth-order valence-electron chi connectivity index (χ4n) is 4.19. The zero-order chi connectivity index (χ0) is 24.1. The Morgan fingerprint density at radius 3 is 2.21 bits per heavy atom. The molecule has 0 spiro atoms. The Labute approximate surface area is 197 Å². The first-order valence-corrected chi connectivity index (χ1v) is 11.4. The van der Waals surface area contributed by atoms with Crippen LogP contribution in [0.15, 0.2) is 42.6 Å². The highest BCUT2D eigenvalue weighted by Gasteiger charge is 2.31. The number of pyridine rings is 1. The van der Waals surface area contributed by atoms with Crippen molar-refractivity contribution in [3.63, 3.8) is 0 Å². The zero-order valence-electron chi connectivity index (χ0n) is 19.1. The zero-order valence-corrected chi connectivity index (χ0v) is 19.1. The molecule has 0 saturated carbocycles. The highest BCUT2D eigenvalue weighted by molar-refractivity contribution is 5.70. The van der Waals surface area contributed by atoms with Crippen molar-refractivity contribution >= 4 is 6.09 Å². The number of ether oxygens (including phenoxy) is 2. The minimum Gasteiger partial charge on any atom is -0.439 e. The van der Waals surface area contributed by atoms with Gasteiger partial charge in [0.25, 0.3) is 0 Å². The molecule has 4 rings (SSSR count). The van der Waals surface area contributed by atoms with Crippen molar-refractivity contribution in [3.8, 4) is 17.4 Å². The summed E-state index contributed by atoms with van der Waals surface area (Å²) in [6.07, 6.45) is -1.66. The maximum atomic E-state index is 12.6. The number of benzene rings is 1. The largest absolute Gasteiger partial charge is 0.439 e. The number of carbonyl (C=O) groups excluding carboxylic acids is 1.